The molecule has 0 amide bonds. The molecule has 0 spiro atoms. The second kappa shape index (κ2) is 4.52. The Kier molecular flexibility index (Phi) is 3.60. The minimum Gasteiger partial charge on any atom is -0.363 e. The van der Waals surface area contributed by atoms with Gasteiger partial charge in [-0.05, 0) is 12.1 Å². The van der Waals surface area contributed by atoms with Crippen molar-refractivity contribution in [2.75, 3.05) is 18.4 Å². The molecule has 3 nitrogen and oxygen atoms in total. The van der Waals surface area contributed by atoms with E-state index in [4.69, 9.17) is 17.3 Å². The molecular weight excluding hydrogens is 212 g/mol. The van der Waals surface area contributed by atoms with Crippen LogP contribution in [-0.4, -0.2) is 24.0 Å². The highest BCUT2D eigenvalue weighted by molar-refractivity contribution is 6.32. The van der Waals surface area contributed by atoms with Crippen LogP contribution < -0.4 is 11.1 Å². The number of hydrogen-bond donors (Lipinski definition) is 2. The number of alkyl halides is 2. The molecule has 0 radical (unpaired) electrons. The molecule has 1 heterocycles. The fourth-order valence-corrected chi connectivity index (χ4v) is 0.989. The SMILES string of the molecule is NCC(F)(F)CNc1ncccc1Cl. The van der Waals surface area contributed by atoms with E-state index >= 15 is 0 Å². The second-order valence-corrected chi connectivity index (χ2v) is 3.15. The number of rotatable bonds is 4. The normalized spacial score (nSPS) is 11.4. The number of nitrogens with one attached hydrogen (secondary N) is 1. The third-order valence-corrected chi connectivity index (χ3v) is 1.88. The largest absolute Gasteiger partial charge is 0.363 e. The topological polar surface area (TPSA) is 50.9 Å². The maximum Gasteiger partial charge on any atom is 0.276 e. The van der Waals surface area contributed by atoms with E-state index in [1.165, 1.54) is 6.20 Å². The van der Waals surface area contributed by atoms with Crippen LogP contribution in [0.2, 0.25) is 5.02 Å². The first-order chi connectivity index (χ1) is 6.55. The molecule has 14 heavy (non-hydrogen) atoms. The van der Waals surface area contributed by atoms with Crippen LogP contribution in [0.1, 0.15) is 0 Å². The van der Waals surface area contributed by atoms with Gasteiger partial charge in [-0.25, -0.2) is 13.8 Å². The van der Waals surface area contributed by atoms with Gasteiger partial charge in [-0.1, -0.05) is 11.6 Å². The van der Waals surface area contributed by atoms with E-state index in [1.54, 1.807) is 12.1 Å². The molecule has 0 saturated heterocycles. The zero-order chi connectivity index (χ0) is 10.6. The van der Waals surface area contributed by atoms with Crippen LogP contribution in [0, 0.1) is 0 Å². The molecular formula is C8H10ClF2N3. The lowest BCUT2D eigenvalue weighted by Crippen LogP contribution is -2.35. The van der Waals surface area contributed by atoms with Gasteiger partial charge in [0.15, 0.2) is 0 Å². The maximum atomic E-state index is 12.7. The highest BCUT2D eigenvalue weighted by atomic mass is 35.5. The average molecular weight is 222 g/mol. The van der Waals surface area contributed by atoms with Gasteiger partial charge in [0.05, 0.1) is 18.1 Å². The summed E-state index contributed by atoms with van der Waals surface area (Å²) < 4.78 is 25.4. The molecule has 0 saturated carbocycles. The molecule has 0 fully saturated rings. The summed E-state index contributed by atoms with van der Waals surface area (Å²) in [7, 11) is 0. The van der Waals surface area contributed by atoms with Gasteiger partial charge in [-0.2, -0.15) is 0 Å². The highest BCUT2D eigenvalue weighted by Crippen LogP contribution is 2.19. The third-order valence-electron chi connectivity index (χ3n) is 1.57. The molecule has 0 aromatic carbocycles. The number of anilines is 1. The minimum absolute atomic E-state index is 0.238. The molecule has 6 heteroatoms. The smallest absolute Gasteiger partial charge is 0.276 e. The molecule has 1 aromatic heterocycles. The molecule has 0 atom stereocenters. The number of aromatic nitrogens is 1. The zero-order valence-electron chi connectivity index (χ0n) is 7.30. The van der Waals surface area contributed by atoms with E-state index in [0.717, 1.165) is 0 Å². The Morgan fingerprint density at radius 2 is 2.29 bits per heavy atom. The fraction of sp³-hybridized carbons (Fsp3) is 0.375. The third kappa shape index (κ3) is 3.08. The van der Waals surface area contributed by atoms with E-state index < -0.39 is 19.0 Å². The first kappa shape index (κ1) is 11.1. The fourth-order valence-electron chi connectivity index (χ4n) is 0.801. The Morgan fingerprint density at radius 3 is 2.86 bits per heavy atom. The average Bonchev–Trinajstić information content (AvgIpc) is 2.17. The molecule has 78 valence electrons. The standard InChI is InChI=1S/C8H10ClF2N3/c9-6-2-1-3-13-7(6)14-5-8(10,11)4-12/h1-3H,4-5,12H2,(H,13,14). The summed E-state index contributed by atoms with van der Waals surface area (Å²) in [6.07, 6.45) is 1.47. The van der Waals surface area contributed by atoms with Crippen LogP contribution in [0.25, 0.3) is 0 Å². The monoisotopic (exact) mass is 221 g/mol. The van der Waals surface area contributed by atoms with E-state index in [1.807, 2.05) is 0 Å². The van der Waals surface area contributed by atoms with E-state index in [9.17, 15) is 8.78 Å². The highest BCUT2D eigenvalue weighted by Gasteiger charge is 2.26. The second-order valence-electron chi connectivity index (χ2n) is 2.75. The molecule has 3 N–H and O–H groups in total. The van der Waals surface area contributed by atoms with Gasteiger partial charge in [0.25, 0.3) is 5.92 Å². The molecule has 1 aromatic rings. The van der Waals surface area contributed by atoms with E-state index in [2.05, 4.69) is 10.3 Å². The maximum absolute atomic E-state index is 12.7. The summed E-state index contributed by atoms with van der Waals surface area (Å²) in [5, 5.41) is 2.74. The van der Waals surface area contributed by atoms with Gasteiger partial charge in [0, 0.05) is 6.20 Å². The van der Waals surface area contributed by atoms with Gasteiger partial charge in [0.2, 0.25) is 0 Å². The van der Waals surface area contributed by atoms with E-state index in [0.29, 0.717) is 5.02 Å². The zero-order valence-corrected chi connectivity index (χ0v) is 8.06. The van der Waals surface area contributed by atoms with Crippen molar-refractivity contribution < 1.29 is 8.78 Å². The number of pyridine rings is 1. The predicted octanol–water partition coefficient (Wildman–Crippen LogP) is 1.74. The van der Waals surface area contributed by atoms with Gasteiger partial charge in [0.1, 0.15) is 5.82 Å². The number of nitrogens with two attached hydrogens (primary N) is 1. The van der Waals surface area contributed by atoms with Crippen molar-refractivity contribution in [3.8, 4) is 0 Å². The van der Waals surface area contributed by atoms with Crippen LogP contribution in [0.3, 0.4) is 0 Å². The Morgan fingerprint density at radius 1 is 1.57 bits per heavy atom. The summed E-state index contributed by atoms with van der Waals surface area (Å²) in [6, 6.07) is 3.19. The first-order valence-corrected chi connectivity index (χ1v) is 4.35. The van der Waals surface area contributed by atoms with E-state index in [-0.39, 0.29) is 5.82 Å². The molecule has 0 aliphatic rings. The Balaban J connectivity index is 2.58. The summed E-state index contributed by atoms with van der Waals surface area (Å²) in [4.78, 5) is 3.80. The molecule has 1 rings (SSSR count). The van der Waals surface area contributed by atoms with Crippen molar-refractivity contribution in [3.05, 3.63) is 23.4 Å². The summed E-state index contributed by atoms with van der Waals surface area (Å²) in [5.41, 5.74) is 4.87. The van der Waals surface area contributed by atoms with Crippen molar-refractivity contribution in [2.45, 2.75) is 5.92 Å². The Labute approximate surface area is 85.3 Å². The molecule has 0 bridgehead atoms. The first-order valence-electron chi connectivity index (χ1n) is 3.97. The van der Waals surface area contributed by atoms with Gasteiger partial charge in [-0.15, -0.1) is 0 Å². The summed E-state index contributed by atoms with van der Waals surface area (Å²) >= 11 is 5.70. The molecule has 0 aliphatic heterocycles. The van der Waals surface area contributed by atoms with Gasteiger partial charge >= 0.3 is 0 Å². The molecule has 0 unspecified atom stereocenters. The van der Waals surface area contributed by atoms with Crippen LogP contribution >= 0.6 is 11.6 Å². The quantitative estimate of drug-likeness (QED) is 0.814. The van der Waals surface area contributed by atoms with Gasteiger partial charge < -0.3 is 11.1 Å². The number of nitrogens with zero attached hydrogens (tertiary/aromatic N) is 1. The van der Waals surface area contributed by atoms with Crippen LogP contribution in [0.5, 0.6) is 0 Å². The Bertz CT molecular complexity index is 306. The molecule has 0 aliphatic carbocycles. The van der Waals surface area contributed by atoms with Crippen molar-refractivity contribution in [2.24, 2.45) is 5.73 Å². The van der Waals surface area contributed by atoms with Crippen molar-refractivity contribution >= 4 is 17.4 Å². The summed E-state index contributed by atoms with van der Waals surface area (Å²) in [6.45, 7) is -1.27. The predicted molar refractivity (Wildman–Crippen MR) is 51.7 cm³/mol. The Hall–Kier alpha value is -0.940. The van der Waals surface area contributed by atoms with Crippen molar-refractivity contribution in [1.82, 2.24) is 4.98 Å². The lowest BCUT2D eigenvalue weighted by atomic mass is 10.3. The van der Waals surface area contributed by atoms with Gasteiger partial charge in [-0.3, -0.25) is 0 Å². The van der Waals surface area contributed by atoms with Crippen LogP contribution in [0.4, 0.5) is 14.6 Å². The van der Waals surface area contributed by atoms with Crippen molar-refractivity contribution in [3.63, 3.8) is 0 Å². The van der Waals surface area contributed by atoms with Crippen molar-refractivity contribution in [1.29, 1.82) is 0 Å². The summed E-state index contributed by atoms with van der Waals surface area (Å²) in [5.74, 6) is -2.71. The lowest BCUT2D eigenvalue weighted by molar-refractivity contribution is 0.0253. The number of hydrogen-bond acceptors (Lipinski definition) is 3. The minimum atomic E-state index is -2.94. The van der Waals surface area contributed by atoms with Crippen LogP contribution in [0.15, 0.2) is 18.3 Å². The van der Waals surface area contributed by atoms with Crippen LogP contribution in [-0.2, 0) is 0 Å². The lowest BCUT2D eigenvalue weighted by Gasteiger charge is -2.15. The number of halogens is 3.